The van der Waals surface area contributed by atoms with E-state index in [-0.39, 0.29) is 18.5 Å². The first kappa shape index (κ1) is 54.1. The van der Waals surface area contributed by atoms with Gasteiger partial charge in [0.05, 0.1) is 23.1 Å². The van der Waals surface area contributed by atoms with Crippen molar-refractivity contribution in [2.24, 2.45) is 0 Å². The van der Waals surface area contributed by atoms with Crippen molar-refractivity contribution in [2.75, 3.05) is 52.4 Å². The maximum atomic E-state index is 10.4. The van der Waals surface area contributed by atoms with E-state index in [9.17, 15) is 10.1 Å². The number of nitrogens with one attached hydrogen (secondary N) is 1. The third kappa shape index (κ3) is 13.0. The van der Waals surface area contributed by atoms with Gasteiger partial charge in [-0.15, -0.1) is 11.6 Å². The number of hydrogen-bond donors (Lipinski definition) is 4. The van der Waals surface area contributed by atoms with Crippen molar-refractivity contribution in [1.29, 1.82) is 0 Å². The molecule has 0 bridgehead atoms. The molecule has 4 N–H and O–H groups in total. The van der Waals surface area contributed by atoms with E-state index in [1.165, 1.54) is 5.56 Å². The summed E-state index contributed by atoms with van der Waals surface area (Å²) in [6, 6.07) is 29.1. The average Bonchev–Trinajstić information content (AvgIpc) is 3.62. The molecule has 71 heavy (non-hydrogen) atoms. The molecular formula is C52H50B2Br3Cl4N7O3. The normalized spacial score (nSPS) is 19.3. The second-order valence-electron chi connectivity index (χ2n) is 17.4. The molecule has 6 aromatic rings. The maximum absolute atomic E-state index is 10.4. The van der Waals surface area contributed by atoms with Crippen molar-refractivity contribution in [3.8, 4) is 0 Å². The van der Waals surface area contributed by atoms with Gasteiger partial charge in [-0.05, 0) is 120 Å². The number of aromatic nitrogens is 3. The fourth-order valence-corrected chi connectivity index (χ4v) is 11.8. The molecule has 366 valence electrons. The van der Waals surface area contributed by atoms with Crippen LogP contribution in [0.2, 0.25) is 28.7 Å². The van der Waals surface area contributed by atoms with Gasteiger partial charge in [-0.25, -0.2) is 0 Å². The highest BCUT2D eigenvalue weighted by molar-refractivity contribution is 9.15. The fraction of sp³-hybridized carbons (Fsp3) is 0.250. The Morgan fingerprint density at radius 1 is 0.549 bits per heavy atom. The molecule has 3 aromatic carbocycles. The lowest BCUT2D eigenvalue weighted by atomic mass is 9.84. The Kier molecular flexibility index (Phi) is 18.9. The Hall–Kier alpha value is -3.22. The first-order chi connectivity index (χ1) is 34.2. The van der Waals surface area contributed by atoms with Crippen LogP contribution in [-0.2, 0) is 0 Å². The molecule has 5 heterocycles. The summed E-state index contributed by atoms with van der Waals surface area (Å²) in [7, 11) is -0.675. The summed E-state index contributed by atoms with van der Waals surface area (Å²) in [6.45, 7) is 11.0. The molecule has 11 rings (SSSR count). The number of alkyl halides is 1. The minimum Gasteiger partial charge on any atom is -0.437 e. The molecule has 2 aliphatic heterocycles. The molecule has 3 aromatic heterocycles. The topological polar surface area (TPSA) is 121 Å². The number of nitrogens with zero attached hydrogens (tertiary/aromatic N) is 6. The summed E-state index contributed by atoms with van der Waals surface area (Å²) in [4.78, 5) is 20.0. The molecule has 0 amide bonds. The lowest BCUT2D eigenvalue weighted by Gasteiger charge is -2.40. The van der Waals surface area contributed by atoms with Crippen molar-refractivity contribution in [3.05, 3.63) is 192 Å². The number of fused-ring (bicyclic) bond motifs is 6. The highest BCUT2D eigenvalue weighted by Crippen LogP contribution is 2.44. The summed E-state index contributed by atoms with van der Waals surface area (Å²) >= 11 is 35.7. The highest BCUT2D eigenvalue weighted by Gasteiger charge is 2.34. The number of halogens is 7. The zero-order chi connectivity index (χ0) is 50.3. The van der Waals surface area contributed by atoms with Gasteiger partial charge in [-0.3, -0.25) is 19.9 Å². The smallest absolute Gasteiger partial charge is 0.376 e. The highest BCUT2D eigenvalue weighted by atomic mass is 79.9. The minimum absolute atomic E-state index is 0.0703. The summed E-state index contributed by atoms with van der Waals surface area (Å²) < 4.78 is 2.89. The zero-order valence-electron chi connectivity index (χ0n) is 38.8. The molecule has 3 unspecified atom stereocenters. The van der Waals surface area contributed by atoms with E-state index < -0.39 is 13.2 Å². The number of aliphatic hydroxyl groups excluding tert-OH is 1. The van der Waals surface area contributed by atoms with Crippen LogP contribution in [-0.4, -0.2) is 111 Å². The molecule has 3 aliphatic carbocycles. The molecule has 5 aliphatic rings. The molecule has 0 saturated carbocycles. The van der Waals surface area contributed by atoms with Crippen LogP contribution in [0.5, 0.6) is 0 Å². The predicted molar refractivity (Wildman–Crippen MR) is 306 cm³/mol. The van der Waals surface area contributed by atoms with Gasteiger partial charge >= 0.3 is 14.1 Å². The van der Waals surface area contributed by atoms with E-state index >= 15 is 0 Å². The Balaban J connectivity index is 0.000000134. The number of pyridine rings is 3. The Morgan fingerprint density at radius 3 is 1.46 bits per heavy atom. The lowest BCUT2D eigenvalue weighted by molar-refractivity contribution is 0.144. The van der Waals surface area contributed by atoms with Gasteiger partial charge < -0.3 is 30.1 Å². The summed E-state index contributed by atoms with van der Waals surface area (Å²) in [6.07, 6.45) is 10.7. The Bertz CT molecular complexity index is 2840. The monoisotopic (exact) mass is 1220 g/mol. The minimum atomic E-state index is -0.736. The summed E-state index contributed by atoms with van der Waals surface area (Å²) in [5.41, 5.74) is 11.7. The molecule has 3 atom stereocenters. The van der Waals surface area contributed by atoms with Crippen molar-refractivity contribution in [2.45, 2.75) is 31.2 Å². The van der Waals surface area contributed by atoms with Crippen LogP contribution in [0, 0.1) is 0 Å². The van der Waals surface area contributed by atoms with E-state index in [4.69, 9.17) is 56.4 Å². The van der Waals surface area contributed by atoms with Crippen LogP contribution >= 0.6 is 94.2 Å². The van der Waals surface area contributed by atoms with Crippen molar-refractivity contribution in [1.82, 2.24) is 34.8 Å². The number of piperazine rings is 2. The van der Waals surface area contributed by atoms with Crippen molar-refractivity contribution in [3.63, 3.8) is 0 Å². The van der Waals surface area contributed by atoms with Crippen molar-refractivity contribution < 1.29 is 15.2 Å². The predicted octanol–water partition coefficient (Wildman–Crippen LogP) is 12.1. The van der Waals surface area contributed by atoms with Gasteiger partial charge in [0.25, 0.3) is 0 Å². The van der Waals surface area contributed by atoms with E-state index in [1.54, 1.807) is 18.5 Å². The van der Waals surface area contributed by atoms with Gasteiger partial charge in [0, 0.05) is 116 Å². The molecule has 0 radical (unpaired) electrons. The Labute approximate surface area is 461 Å². The molecule has 2 saturated heterocycles. The van der Waals surface area contributed by atoms with E-state index in [0.29, 0.717) is 15.7 Å². The van der Waals surface area contributed by atoms with Gasteiger partial charge in [-0.2, -0.15) is 0 Å². The summed E-state index contributed by atoms with van der Waals surface area (Å²) in [5, 5.41) is 34.4. The number of aliphatic hydroxyl groups is 1. The number of rotatable bonds is 3. The van der Waals surface area contributed by atoms with Crippen LogP contribution in [0.25, 0.3) is 31.7 Å². The van der Waals surface area contributed by atoms with E-state index in [0.717, 1.165) is 127 Å². The second kappa shape index (κ2) is 24.9. The number of benzene rings is 3. The molecular weight excluding hydrogens is 1170 g/mol. The first-order valence-electron chi connectivity index (χ1n) is 23.2. The van der Waals surface area contributed by atoms with Gasteiger partial charge in [0.1, 0.15) is 11.5 Å². The first-order valence-corrected chi connectivity index (χ1v) is 27.1. The van der Waals surface area contributed by atoms with Crippen LogP contribution in [0.4, 0.5) is 0 Å². The summed E-state index contributed by atoms with van der Waals surface area (Å²) in [5.74, 6) is 0. The molecule has 19 heteroatoms. The standard InChI is InChI=1S/C19H20BBrClN3O.C14H8BrCl2N.C14H9BrClNO.C5H13BN2O/c1-20(26)25-9-7-24(8-10-25)19-15-5-4-14(22)11-13(15)12-17(21)16-3-2-6-23-18(16)19;15-12-7-8-6-9(16)3-4-10(8)13(17)14-11(12)2-1-5-18-14;15-12-7-8-6-9(16)3-4-10(8)14(18)13-11(12)2-1-5-17-13;1-6(9)8-4-2-7-3-5-8/h2-6,11-12,19,26H,7-10H2,1H3;1-7,13H;1-7,14,18H;7,9H,2-5H2,1H3. The largest absolute Gasteiger partial charge is 0.437 e. The lowest BCUT2D eigenvalue weighted by Crippen LogP contribution is -2.52. The van der Waals surface area contributed by atoms with Crippen molar-refractivity contribution >= 4 is 140 Å². The van der Waals surface area contributed by atoms with Crippen LogP contribution < -0.4 is 5.32 Å². The van der Waals surface area contributed by atoms with Crippen LogP contribution in [0.3, 0.4) is 0 Å². The van der Waals surface area contributed by atoms with E-state index in [2.05, 4.69) is 95.8 Å². The third-order valence-corrected chi connectivity index (χ3v) is 15.9. The average molecular weight is 1220 g/mol. The maximum Gasteiger partial charge on any atom is 0.376 e. The van der Waals surface area contributed by atoms with Gasteiger partial charge in [0.15, 0.2) is 0 Å². The van der Waals surface area contributed by atoms with Crippen LogP contribution in [0.1, 0.15) is 84.7 Å². The second-order valence-corrected chi connectivity index (χ2v) is 21.7. The van der Waals surface area contributed by atoms with Gasteiger partial charge in [0.2, 0.25) is 0 Å². The molecule has 10 nitrogen and oxygen atoms in total. The van der Waals surface area contributed by atoms with E-state index in [1.807, 2.05) is 105 Å². The quantitative estimate of drug-likeness (QED) is 0.101. The fourth-order valence-electron chi connectivity index (χ4n) is 9.12. The third-order valence-electron chi connectivity index (χ3n) is 12.8. The Morgan fingerprint density at radius 2 is 0.958 bits per heavy atom. The van der Waals surface area contributed by atoms with Crippen LogP contribution in [0.15, 0.2) is 110 Å². The SMILES string of the molecule is CB(O)N1CCN(C2c3ccc(Cl)cc3C=C(Br)c3cccnc32)CC1.CB(O)N1CCNCC1.Clc1ccc2c(c1)C=C(Br)c1cccnc1C2Cl.OC1c2ccc(Cl)cc2C=C(Br)c2cccnc21. The zero-order valence-corrected chi connectivity index (χ0v) is 46.6. The molecule has 0 spiro atoms. The van der Waals surface area contributed by atoms with Gasteiger partial charge in [-0.1, -0.05) is 119 Å². The number of hydrogen-bond acceptors (Lipinski definition) is 10. The molecule has 2 fully saturated rings.